The topological polar surface area (TPSA) is 66.5 Å². The maximum Gasteiger partial charge on any atom is 0.252 e. The van der Waals surface area contributed by atoms with Crippen LogP contribution < -0.4 is 5.32 Å². The Labute approximate surface area is 164 Å². The standard InChI is InChI=1S/C20H24N2O3S2/c23-19(21-17-8-7-15-5-4-6-16(15)13-17)14-18-9-10-20(26-18)27(24,25)22-11-2-1-3-12-22/h7-10,13H,1-6,11-12,14H2,(H,21,23). The average molecular weight is 405 g/mol. The number of rotatable bonds is 5. The largest absolute Gasteiger partial charge is 0.326 e. The molecule has 0 spiro atoms. The van der Waals surface area contributed by atoms with Crippen molar-refractivity contribution in [2.75, 3.05) is 18.4 Å². The third-order valence-corrected chi connectivity index (χ3v) is 8.71. The van der Waals surface area contributed by atoms with Crippen molar-refractivity contribution >= 4 is 33.0 Å². The Morgan fingerprint density at radius 2 is 1.78 bits per heavy atom. The summed E-state index contributed by atoms with van der Waals surface area (Å²) in [6, 6.07) is 9.48. The highest BCUT2D eigenvalue weighted by Gasteiger charge is 2.27. The highest BCUT2D eigenvalue weighted by molar-refractivity contribution is 7.91. The Balaban J connectivity index is 1.40. The van der Waals surface area contributed by atoms with Crippen LogP contribution in [0.2, 0.25) is 0 Å². The number of amides is 1. The van der Waals surface area contributed by atoms with Crippen molar-refractivity contribution in [3.05, 3.63) is 46.3 Å². The van der Waals surface area contributed by atoms with E-state index in [2.05, 4.69) is 17.4 Å². The molecule has 1 saturated heterocycles. The summed E-state index contributed by atoms with van der Waals surface area (Å²) in [6.45, 7) is 1.18. The molecular formula is C20H24N2O3S2. The van der Waals surface area contributed by atoms with Crippen LogP contribution in [0, 0.1) is 0 Å². The van der Waals surface area contributed by atoms with Crippen molar-refractivity contribution in [2.24, 2.45) is 0 Å². The van der Waals surface area contributed by atoms with Gasteiger partial charge < -0.3 is 5.32 Å². The van der Waals surface area contributed by atoms with E-state index in [0.717, 1.165) is 42.7 Å². The monoisotopic (exact) mass is 404 g/mol. The lowest BCUT2D eigenvalue weighted by Crippen LogP contribution is -2.35. The van der Waals surface area contributed by atoms with Crippen molar-refractivity contribution in [1.29, 1.82) is 0 Å². The number of benzene rings is 1. The van der Waals surface area contributed by atoms with Gasteiger partial charge in [0.2, 0.25) is 5.91 Å². The van der Waals surface area contributed by atoms with Gasteiger partial charge in [-0.05, 0) is 67.5 Å². The fourth-order valence-electron chi connectivity index (χ4n) is 3.84. The molecule has 0 bridgehead atoms. The average Bonchev–Trinajstić information content (AvgIpc) is 3.31. The SMILES string of the molecule is O=C(Cc1ccc(S(=O)(=O)N2CCCCC2)s1)Nc1ccc2c(c1)CCC2. The molecule has 0 saturated carbocycles. The van der Waals surface area contributed by atoms with E-state index in [1.165, 1.54) is 28.9 Å². The van der Waals surface area contributed by atoms with E-state index in [0.29, 0.717) is 17.3 Å². The summed E-state index contributed by atoms with van der Waals surface area (Å²) in [4.78, 5) is 13.1. The second-order valence-electron chi connectivity index (χ2n) is 7.25. The molecule has 4 rings (SSSR count). The van der Waals surface area contributed by atoms with Gasteiger partial charge in [0.05, 0.1) is 6.42 Å². The Bertz CT molecular complexity index is 944. The Morgan fingerprint density at radius 1 is 1.00 bits per heavy atom. The summed E-state index contributed by atoms with van der Waals surface area (Å²) >= 11 is 1.20. The van der Waals surface area contributed by atoms with Gasteiger partial charge in [-0.15, -0.1) is 11.3 Å². The molecule has 1 aromatic carbocycles. The number of hydrogen-bond donors (Lipinski definition) is 1. The van der Waals surface area contributed by atoms with Gasteiger partial charge in [0.25, 0.3) is 10.0 Å². The van der Waals surface area contributed by atoms with Crippen molar-refractivity contribution in [3.8, 4) is 0 Å². The second kappa shape index (κ2) is 7.73. The molecule has 0 radical (unpaired) electrons. The molecule has 1 aliphatic carbocycles. The van der Waals surface area contributed by atoms with Crippen LogP contribution in [0.15, 0.2) is 34.5 Å². The zero-order valence-electron chi connectivity index (χ0n) is 15.2. The van der Waals surface area contributed by atoms with Gasteiger partial charge in [-0.25, -0.2) is 8.42 Å². The number of sulfonamides is 1. The minimum atomic E-state index is -3.42. The summed E-state index contributed by atoms with van der Waals surface area (Å²) in [5.41, 5.74) is 3.51. The number of hydrogen-bond acceptors (Lipinski definition) is 4. The first-order valence-corrected chi connectivity index (χ1v) is 11.8. The fourth-order valence-corrected chi connectivity index (χ4v) is 6.86. The Kier molecular flexibility index (Phi) is 5.34. The van der Waals surface area contributed by atoms with Crippen LogP contribution in [0.5, 0.6) is 0 Å². The number of thiophene rings is 1. The summed E-state index contributed by atoms with van der Waals surface area (Å²) < 4.78 is 27.3. The van der Waals surface area contributed by atoms with Gasteiger partial charge in [-0.2, -0.15) is 4.31 Å². The van der Waals surface area contributed by atoms with E-state index in [1.54, 1.807) is 16.4 Å². The molecule has 1 aromatic heterocycles. The van der Waals surface area contributed by atoms with Crippen LogP contribution in [0.4, 0.5) is 5.69 Å². The van der Waals surface area contributed by atoms with E-state index in [9.17, 15) is 13.2 Å². The molecule has 1 amide bonds. The van der Waals surface area contributed by atoms with E-state index in [-0.39, 0.29) is 12.3 Å². The number of aryl methyl sites for hydroxylation is 2. The van der Waals surface area contributed by atoms with Crippen LogP contribution in [0.3, 0.4) is 0 Å². The van der Waals surface area contributed by atoms with Gasteiger partial charge in [0.15, 0.2) is 0 Å². The summed E-state index contributed by atoms with van der Waals surface area (Å²) in [6.07, 6.45) is 6.48. The molecular weight excluding hydrogens is 380 g/mol. The zero-order chi connectivity index (χ0) is 18.9. The molecule has 27 heavy (non-hydrogen) atoms. The smallest absolute Gasteiger partial charge is 0.252 e. The molecule has 5 nitrogen and oxygen atoms in total. The van der Waals surface area contributed by atoms with Crippen molar-refractivity contribution in [1.82, 2.24) is 4.31 Å². The molecule has 0 unspecified atom stereocenters. The molecule has 144 valence electrons. The van der Waals surface area contributed by atoms with Crippen LogP contribution in [-0.2, 0) is 34.1 Å². The van der Waals surface area contributed by atoms with Gasteiger partial charge in [0.1, 0.15) is 4.21 Å². The third kappa shape index (κ3) is 4.10. The fraction of sp³-hybridized carbons (Fsp3) is 0.450. The highest BCUT2D eigenvalue weighted by Crippen LogP contribution is 2.28. The normalized spacial score (nSPS) is 17.6. The number of anilines is 1. The van der Waals surface area contributed by atoms with Crippen LogP contribution in [0.25, 0.3) is 0 Å². The lowest BCUT2D eigenvalue weighted by Gasteiger charge is -2.25. The molecule has 7 heteroatoms. The number of nitrogens with one attached hydrogen (secondary N) is 1. The molecule has 1 aliphatic heterocycles. The van der Waals surface area contributed by atoms with Crippen LogP contribution >= 0.6 is 11.3 Å². The Morgan fingerprint density at radius 3 is 2.59 bits per heavy atom. The molecule has 1 fully saturated rings. The van der Waals surface area contributed by atoms with Crippen LogP contribution in [-0.4, -0.2) is 31.7 Å². The first-order valence-electron chi connectivity index (χ1n) is 9.53. The number of piperidine rings is 1. The summed E-state index contributed by atoms with van der Waals surface area (Å²) in [5, 5.41) is 2.94. The van der Waals surface area contributed by atoms with Crippen LogP contribution in [0.1, 0.15) is 41.7 Å². The minimum Gasteiger partial charge on any atom is -0.326 e. The predicted molar refractivity (Wildman–Crippen MR) is 108 cm³/mol. The number of carbonyl (C=O) groups excluding carboxylic acids is 1. The summed E-state index contributed by atoms with van der Waals surface area (Å²) in [7, 11) is -3.42. The Hall–Kier alpha value is -1.70. The molecule has 2 aromatic rings. The number of fused-ring (bicyclic) bond motifs is 1. The molecule has 1 N–H and O–H groups in total. The maximum atomic E-state index is 12.7. The molecule has 0 atom stereocenters. The minimum absolute atomic E-state index is 0.114. The van der Waals surface area contributed by atoms with Gasteiger partial charge in [-0.1, -0.05) is 12.5 Å². The van der Waals surface area contributed by atoms with Gasteiger partial charge >= 0.3 is 0 Å². The van der Waals surface area contributed by atoms with Crippen molar-refractivity contribution < 1.29 is 13.2 Å². The van der Waals surface area contributed by atoms with E-state index < -0.39 is 10.0 Å². The van der Waals surface area contributed by atoms with E-state index in [4.69, 9.17) is 0 Å². The van der Waals surface area contributed by atoms with Gasteiger partial charge in [-0.3, -0.25) is 4.79 Å². The second-order valence-corrected chi connectivity index (χ2v) is 10.6. The lowest BCUT2D eigenvalue weighted by molar-refractivity contribution is -0.115. The quantitative estimate of drug-likeness (QED) is 0.828. The van der Waals surface area contributed by atoms with Gasteiger partial charge in [0, 0.05) is 23.7 Å². The maximum absolute atomic E-state index is 12.7. The predicted octanol–water partition coefficient (Wildman–Crippen LogP) is 3.59. The highest BCUT2D eigenvalue weighted by atomic mass is 32.2. The molecule has 2 aliphatic rings. The number of carbonyl (C=O) groups is 1. The summed E-state index contributed by atoms with van der Waals surface area (Å²) in [5.74, 6) is -0.114. The third-order valence-electron chi connectivity index (χ3n) is 5.26. The first-order chi connectivity index (χ1) is 13.0. The lowest BCUT2D eigenvalue weighted by atomic mass is 10.1. The van der Waals surface area contributed by atoms with E-state index in [1.807, 2.05) is 6.07 Å². The first kappa shape index (κ1) is 18.7. The zero-order valence-corrected chi connectivity index (χ0v) is 16.9. The molecule has 2 heterocycles. The van der Waals surface area contributed by atoms with E-state index >= 15 is 0 Å². The van der Waals surface area contributed by atoms with Crippen molar-refractivity contribution in [3.63, 3.8) is 0 Å². The van der Waals surface area contributed by atoms with Crippen molar-refractivity contribution in [2.45, 2.75) is 49.2 Å². The number of nitrogens with zero attached hydrogens (tertiary/aromatic N) is 1.